The molecule has 8 heteroatoms. The largest absolute Gasteiger partial charge is 0.372 e. The lowest BCUT2D eigenvalue weighted by atomic mass is 10.0. The second kappa shape index (κ2) is 8.98. The lowest BCUT2D eigenvalue weighted by Crippen LogP contribution is -2.30. The second-order valence-electron chi connectivity index (χ2n) is 10.1. The van der Waals surface area contributed by atoms with Crippen molar-refractivity contribution in [2.45, 2.75) is 38.5 Å². The van der Waals surface area contributed by atoms with E-state index < -0.39 is 11.5 Å². The zero-order chi connectivity index (χ0) is 23.9. The first kappa shape index (κ1) is 22.1. The molecule has 0 spiro atoms. The molecule has 1 aromatic heterocycles. The highest BCUT2D eigenvalue weighted by atomic mass is 19.1. The summed E-state index contributed by atoms with van der Waals surface area (Å²) in [4.78, 5) is 29.2. The maximum absolute atomic E-state index is 15.3. The number of aromatic amines is 1. The van der Waals surface area contributed by atoms with Gasteiger partial charge in [-0.15, -0.1) is 0 Å². The van der Waals surface area contributed by atoms with Crippen molar-refractivity contribution in [2.24, 2.45) is 11.8 Å². The van der Waals surface area contributed by atoms with Crippen LogP contribution < -0.4 is 10.6 Å². The average Bonchev–Trinajstić information content (AvgIpc) is 3.22. The van der Waals surface area contributed by atoms with Crippen LogP contribution in [0.5, 0.6) is 0 Å². The summed E-state index contributed by atoms with van der Waals surface area (Å²) < 4.78 is 16.6. The van der Waals surface area contributed by atoms with Gasteiger partial charge in [0, 0.05) is 44.2 Å². The van der Waals surface area contributed by atoms with Crippen LogP contribution in [0.3, 0.4) is 0 Å². The number of carbonyl (C=O) groups is 1. The van der Waals surface area contributed by atoms with Crippen molar-refractivity contribution >= 4 is 11.6 Å². The van der Waals surface area contributed by atoms with Crippen LogP contribution in [0.15, 0.2) is 47.3 Å². The van der Waals surface area contributed by atoms with Crippen LogP contribution >= 0.6 is 0 Å². The Morgan fingerprint density at radius 1 is 1.00 bits per heavy atom. The number of nitrogens with zero attached hydrogens (tertiary/aromatic N) is 4. The summed E-state index contributed by atoms with van der Waals surface area (Å²) in [5.41, 5.74) is 2.64. The van der Waals surface area contributed by atoms with E-state index in [-0.39, 0.29) is 23.4 Å². The van der Waals surface area contributed by atoms with Crippen LogP contribution in [-0.4, -0.2) is 51.8 Å². The number of likely N-dealkylation sites (tertiary alicyclic amines) is 1. The summed E-state index contributed by atoms with van der Waals surface area (Å²) in [6.45, 7) is 3.58. The summed E-state index contributed by atoms with van der Waals surface area (Å²) in [5, 5.41) is 6.68. The van der Waals surface area contributed by atoms with E-state index in [1.54, 1.807) is 6.07 Å². The van der Waals surface area contributed by atoms with Crippen LogP contribution in [0.2, 0.25) is 0 Å². The third-order valence-corrected chi connectivity index (χ3v) is 7.60. The molecule has 0 radical (unpaired) electrons. The Bertz CT molecular complexity index is 1290. The van der Waals surface area contributed by atoms with E-state index in [0.717, 1.165) is 50.0 Å². The number of hydrogen-bond donors (Lipinski definition) is 1. The number of benzene rings is 2. The number of amides is 1. The van der Waals surface area contributed by atoms with Crippen molar-refractivity contribution < 1.29 is 9.18 Å². The van der Waals surface area contributed by atoms with Gasteiger partial charge in [-0.25, -0.2) is 18.9 Å². The van der Waals surface area contributed by atoms with Gasteiger partial charge in [-0.3, -0.25) is 4.79 Å². The molecule has 2 saturated heterocycles. The van der Waals surface area contributed by atoms with E-state index in [9.17, 15) is 9.59 Å². The van der Waals surface area contributed by atoms with E-state index in [4.69, 9.17) is 0 Å². The predicted molar refractivity (Wildman–Crippen MR) is 132 cm³/mol. The Balaban J connectivity index is 1.20. The summed E-state index contributed by atoms with van der Waals surface area (Å²) in [5.74, 6) is 0.710. The molecule has 1 amide bonds. The first-order valence-corrected chi connectivity index (χ1v) is 12.7. The molecule has 2 aliphatic heterocycles. The molecule has 3 aliphatic rings. The van der Waals surface area contributed by atoms with Crippen molar-refractivity contribution in [3.63, 3.8) is 0 Å². The van der Waals surface area contributed by atoms with Gasteiger partial charge < -0.3 is 9.80 Å². The molecule has 7 nitrogen and oxygen atoms in total. The molecule has 3 heterocycles. The number of hydrogen-bond acceptors (Lipinski definition) is 4. The third-order valence-electron chi connectivity index (χ3n) is 7.60. The molecule has 6 rings (SSSR count). The third kappa shape index (κ3) is 4.37. The van der Waals surface area contributed by atoms with Gasteiger partial charge in [0.25, 0.3) is 0 Å². The van der Waals surface area contributed by atoms with E-state index >= 15 is 4.39 Å². The standard InChI is InChI=1S/C27H30FN5O2/c28-23-16-21(19-5-8-22(9-6-19)31-12-1-2-13-31)7-10-24(23)33-25(29-30-27(33)35)15-18-11-14-32(17-18)26(34)20-3-4-20/h5-10,16,18,20H,1-4,11-15,17H2,(H,30,35)/t18-/m0/s1. The van der Waals surface area contributed by atoms with Gasteiger partial charge >= 0.3 is 5.69 Å². The topological polar surface area (TPSA) is 74.2 Å². The second-order valence-corrected chi connectivity index (χ2v) is 10.1. The minimum atomic E-state index is -0.465. The maximum atomic E-state index is 15.3. The van der Waals surface area contributed by atoms with E-state index in [1.165, 1.54) is 29.2 Å². The summed E-state index contributed by atoms with van der Waals surface area (Å²) in [6, 6.07) is 13.2. The molecule has 3 fully saturated rings. The van der Waals surface area contributed by atoms with Gasteiger partial charge in [-0.2, -0.15) is 5.10 Å². The molecule has 0 bridgehead atoms. The maximum Gasteiger partial charge on any atom is 0.348 e. The fraction of sp³-hybridized carbons (Fsp3) is 0.444. The zero-order valence-corrected chi connectivity index (χ0v) is 19.8. The van der Waals surface area contributed by atoms with Gasteiger partial charge in [0.05, 0.1) is 5.69 Å². The highest BCUT2D eigenvalue weighted by Crippen LogP contribution is 2.33. The quantitative estimate of drug-likeness (QED) is 0.589. The summed E-state index contributed by atoms with van der Waals surface area (Å²) >= 11 is 0. The summed E-state index contributed by atoms with van der Waals surface area (Å²) in [6.07, 6.45) is 5.83. The van der Waals surface area contributed by atoms with Gasteiger partial charge in [0.2, 0.25) is 5.91 Å². The number of H-pyrrole nitrogens is 1. The first-order valence-electron chi connectivity index (χ1n) is 12.7. The van der Waals surface area contributed by atoms with Gasteiger partial charge in [-0.05, 0) is 73.4 Å². The van der Waals surface area contributed by atoms with Crippen LogP contribution in [-0.2, 0) is 11.2 Å². The van der Waals surface area contributed by atoms with Crippen LogP contribution in [0.1, 0.15) is 37.9 Å². The fourth-order valence-electron chi connectivity index (χ4n) is 5.47. The molecule has 3 aromatic rings. The Kier molecular flexibility index (Phi) is 5.66. The fourth-order valence-corrected chi connectivity index (χ4v) is 5.47. The predicted octanol–water partition coefficient (Wildman–Crippen LogP) is 3.77. The van der Waals surface area contributed by atoms with Crippen molar-refractivity contribution in [3.05, 3.63) is 64.6 Å². The molecule has 182 valence electrons. The smallest absolute Gasteiger partial charge is 0.348 e. The number of nitrogens with one attached hydrogen (secondary N) is 1. The first-order chi connectivity index (χ1) is 17.1. The number of rotatable bonds is 6. The zero-order valence-electron chi connectivity index (χ0n) is 19.8. The molecular weight excluding hydrogens is 445 g/mol. The number of anilines is 1. The Morgan fingerprint density at radius 3 is 2.46 bits per heavy atom. The minimum Gasteiger partial charge on any atom is -0.372 e. The van der Waals surface area contributed by atoms with E-state index in [1.807, 2.05) is 23.1 Å². The van der Waals surface area contributed by atoms with Crippen molar-refractivity contribution in [3.8, 4) is 16.8 Å². The molecule has 1 N–H and O–H groups in total. The Labute approximate surface area is 203 Å². The number of carbonyl (C=O) groups excluding carboxylic acids is 1. The Morgan fingerprint density at radius 2 is 1.74 bits per heavy atom. The molecular formula is C27H30FN5O2. The van der Waals surface area contributed by atoms with Gasteiger partial charge in [0.15, 0.2) is 0 Å². The molecule has 1 aliphatic carbocycles. The van der Waals surface area contributed by atoms with Gasteiger partial charge in [0.1, 0.15) is 11.6 Å². The van der Waals surface area contributed by atoms with Crippen LogP contribution in [0.4, 0.5) is 10.1 Å². The monoisotopic (exact) mass is 475 g/mol. The van der Waals surface area contributed by atoms with E-state index in [2.05, 4.69) is 27.2 Å². The number of aromatic nitrogens is 3. The van der Waals surface area contributed by atoms with Crippen molar-refractivity contribution in [2.75, 3.05) is 31.1 Å². The van der Waals surface area contributed by atoms with Crippen molar-refractivity contribution in [1.29, 1.82) is 0 Å². The normalized spacial score (nSPS) is 20.1. The minimum absolute atomic E-state index is 0.195. The molecule has 1 saturated carbocycles. The Hall–Kier alpha value is -3.42. The number of halogens is 1. The van der Waals surface area contributed by atoms with E-state index in [0.29, 0.717) is 18.8 Å². The van der Waals surface area contributed by atoms with Crippen molar-refractivity contribution in [1.82, 2.24) is 19.7 Å². The lowest BCUT2D eigenvalue weighted by molar-refractivity contribution is -0.131. The molecule has 1 atom stereocenters. The highest BCUT2D eigenvalue weighted by molar-refractivity contribution is 5.81. The van der Waals surface area contributed by atoms with Crippen LogP contribution in [0, 0.1) is 17.7 Å². The molecule has 2 aromatic carbocycles. The molecule has 0 unspecified atom stereocenters. The van der Waals surface area contributed by atoms with Gasteiger partial charge in [-0.1, -0.05) is 18.2 Å². The SMILES string of the molecule is O=C(C1CC1)N1CC[C@@H](Cc2n[nH]c(=O)n2-c2ccc(-c3ccc(N4CCCC4)cc3)cc2F)C1. The molecule has 35 heavy (non-hydrogen) atoms. The van der Waals surface area contributed by atoms with Crippen LogP contribution in [0.25, 0.3) is 16.8 Å². The summed E-state index contributed by atoms with van der Waals surface area (Å²) in [7, 11) is 0. The average molecular weight is 476 g/mol. The highest BCUT2D eigenvalue weighted by Gasteiger charge is 2.37. The lowest BCUT2D eigenvalue weighted by Gasteiger charge is -2.18.